The molecule has 0 atom stereocenters. The Bertz CT molecular complexity index is 529. The van der Waals surface area contributed by atoms with E-state index in [1.165, 1.54) is 0 Å². The molecule has 0 fully saturated rings. The molecule has 0 aliphatic carbocycles. The second kappa shape index (κ2) is 6.43. The van der Waals surface area contributed by atoms with Crippen molar-refractivity contribution in [2.75, 3.05) is 11.1 Å². The summed E-state index contributed by atoms with van der Waals surface area (Å²) in [5, 5.41) is 3.21. The molecule has 0 radical (unpaired) electrons. The second-order valence-corrected chi connectivity index (χ2v) is 5.02. The van der Waals surface area contributed by atoms with Crippen LogP contribution in [0.15, 0.2) is 53.4 Å². The van der Waals surface area contributed by atoms with Crippen LogP contribution in [-0.4, -0.2) is 5.76 Å². The Balaban J connectivity index is 1.95. The van der Waals surface area contributed by atoms with Gasteiger partial charge in [-0.05, 0) is 35.9 Å². The van der Waals surface area contributed by atoms with Gasteiger partial charge < -0.3 is 11.1 Å². The second-order valence-electron chi connectivity index (χ2n) is 3.96. The van der Waals surface area contributed by atoms with Crippen LogP contribution in [0.3, 0.4) is 0 Å². The van der Waals surface area contributed by atoms with Crippen LogP contribution in [0.5, 0.6) is 0 Å². The molecule has 2 nitrogen and oxygen atoms in total. The number of alkyl halides is 2. The number of anilines is 2. The SMILES string of the molecule is Nc1ccccc1CNc1ccc(SC(F)F)cc1. The Kier molecular flexibility index (Phi) is 4.63. The Morgan fingerprint density at radius 3 is 2.37 bits per heavy atom. The standard InChI is InChI=1S/C14H14F2N2S/c15-14(16)19-12-7-5-11(6-8-12)18-9-10-3-1-2-4-13(10)17/h1-8,14,18H,9,17H2. The molecular formula is C14H14F2N2S. The molecule has 5 heteroatoms. The van der Waals surface area contributed by atoms with Crippen molar-refractivity contribution >= 4 is 23.1 Å². The first kappa shape index (κ1) is 13.7. The molecule has 0 spiro atoms. The lowest BCUT2D eigenvalue weighted by Crippen LogP contribution is -2.02. The van der Waals surface area contributed by atoms with Crippen LogP contribution in [0.2, 0.25) is 0 Å². The molecule has 0 bridgehead atoms. The van der Waals surface area contributed by atoms with Crippen molar-refractivity contribution < 1.29 is 8.78 Å². The number of halogens is 2. The zero-order chi connectivity index (χ0) is 13.7. The van der Waals surface area contributed by atoms with Gasteiger partial charge in [0.2, 0.25) is 0 Å². The van der Waals surface area contributed by atoms with E-state index in [4.69, 9.17) is 5.73 Å². The van der Waals surface area contributed by atoms with E-state index in [0.29, 0.717) is 23.2 Å². The monoisotopic (exact) mass is 280 g/mol. The van der Waals surface area contributed by atoms with Crippen molar-refractivity contribution in [1.82, 2.24) is 0 Å². The van der Waals surface area contributed by atoms with Crippen LogP contribution in [0, 0.1) is 0 Å². The van der Waals surface area contributed by atoms with Gasteiger partial charge in [-0.1, -0.05) is 30.0 Å². The van der Waals surface area contributed by atoms with Gasteiger partial charge in [-0.25, -0.2) is 0 Å². The molecule has 2 rings (SSSR count). The fourth-order valence-electron chi connectivity index (χ4n) is 1.65. The van der Waals surface area contributed by atoms with Crippen molar-refractivity contribution in [1.29, 1.82) is 0 Å². The van der Waals surface area contributed by atoms with E-state index in [-0.39, 0.29) is 0 Å². The van der Waals surface area contributed by atoms with E-state index in [1.807, 2.05) is 24.3 Å². The predicted octanol–water partition coefficient (Wildman–Crippen LogP) is 4.20. The van der Waals surface area contributed by atoms with E-state index >= 15 is 0 Å². The van der Waals surface area contributed by atoms with Crippen LogP contribution in [0.4, 0.5) is 20.2 Å². The van der Waals surface area contributed by atoms with Gasteiger partial charge in [0.1, 0.15) is 0 Å². The molecule has 0 aliphatic rings. The number of hydrogen-bond acceptors (Lipinski definition) is 3. The van der Waals surface area contributed by atoms with Crippen molar-refractivity contribution in [2.24, 2.45) is 0 Å². The number of hydrogen-bond donors (Lipinski definition) is 2. The summed E-state index contributed by atoms with van der Waals surface area (Å²) in [6, 6.07) is 14.5. The maximum absolute atomic E-state index is 12.2. The largest absolute Gasteiger partial charge is 0.398 e. The molecule has 0 unspecified atom stereocenters. The summed E-state index contributed by atoms with van der Waals surface area (Å²) >= 11 is 0.543. The minimum absolute atomic E-state index is 0.543. The van der Waals surface area contributed by atoms with Gasteiger partial charge in [0.25, 0.3) is 5.76 Å². The molecule has 3 N–H and O–H groups in total. The maximum atomic E-state index is 12.2. The Morgan fingerprint density at radius 1 is 1.05 bits per heavy atom. The molecule has 0 aromatic heterocycles. The summed E-state index contributed by atoms with van der Waals surface area (Å²) in [7, 11) is 0. The van der Waals surface area contributed by atoms with Crippen LogP contribution < -0.4 is 11.1 Å². The highest BCUT2D eigenvalue weighted by molar-refractivity contribution is 7.99. The van der Waals surface area contributed by atoms with E-state index in [9.17, 15) is 8.78 Å². The van der Waals surface area contributed by atoms with Gasteiger partial charge in [-0.3, -0.25) is 0 Å². The van der Waals surface area contributed by atoms with Crippen molar-refractivity contribution in [3.8, 4) is 0 Å². The average molecular weight is 280 g/mol. The summed E-state index contributed by atoms with van der Waals surface area (Å²) in [4.78, 5) is 0.555. The van der Waals surface area contributed by atoms with Gasteiger partial charge in [-0.2, -0.15) is 8.78 Å². The zero-order valence-corrected chi connectivity index (χ0v) is 11.0. The highest BCUT2D eigenvalue weighted by atomic mass is 32.2. The first-order valence-corrected chi connectivity index (χ1v) is 6.65. The van der Waals surface area contributed by atoms with E-state index in [0.717, 1.165) is 16.9 Å². The molecule has 19 heavy (non-hydrogen) atoms. The van der Waals surface area contributed by atoms with Crippen LogP contribution >= 0.6 is 11.8 Å². The summed E-state index contributed by atoms with van der Waals surface area (Å²) in [6.07, 6.45) is 0. The normalized spacial score (nSPS) is 10.7. The summed E-state index contributed by atoms with van der Waals surface area (Å²) < 4.78 is 24.3. The van der Waals surface area contributed by atoms with E-state index < -0.39 is 5.76 Å². The number of rotatable bonds is 5. The molecule has 100 valence electrons. The smallest absolute Gasteiger partial charge is 0.288 e. The molecule has 2 aromatic rings. The van der Waals surface area contributed by atoms with Gasteiger partial charge in [0, 0.05) is 22.8 Å². The lowest BCUT2D eigenvalue weighted by atomic mass is 10.2. The van der Waals surface area contributed by atoms with Crippen LogP contribution in [-0.2, 0) is 6.54 Å². The summed E-state index contributed by atoms with van der Waals surface area (Å²) in [5.41, 5.74) is 8.46. The Morgan fingerprint density at radius 2 is 1.74 bits per heavy atom. The number of nitrogens with one attached hydrogen (secondary N) is 1. The van der Waals surface area contributed by atoms with Gasteiger partial charge in [0.15, 0.2) is 0 Å². The number of thioether (sulfide) groups is 1. The minimum Gasteiger partial charge on any atom is -0.398 e. The highest BCUT2D eigenvalue weighted by Gasteiger charge is 2.04. The molecule has 0 aliphatic heterocycles. The van der Waals surface area contributed by atoms with Gasteiger partial charge in [0.05, 0.1) is 0 Å². The fourth-order valence-corrected chi connectivity index (χ4v) is 2.15. The molecular weight excluding hydrogens is 266 g/mol. The third kappa shape index (κ3) is 4.13. The lowest BCUT2D eigenvalue weighted by molar-refractivity contribution is 0.252. The zero-order valence-electron chi connectivity index (χ0n) is 10.1. The quantitative estimate of drug-likeness (QED) is 0.637. The average Bonchev–Trinajstić information content (AvgIpc) is 2.39. The maximum Gasteiger partial charge on any atom is 0.288 e. The van der Waals surface area contributed by atoms with E-state index in [2.05, 4.69) is 5.32 Å². The number of nitrogens with two attached hydrogens (primary N) is 1. The van der Waals surface area contributed by atoms with Crippen LogP contribution in [0.25, 0.3) is 0 Å². The first-order chi connectivity index (χ1) is 9.15. The van der Waals surface area contributed by atoms with Gasteiger partial charge >= 0.3 is 0 Å². The van der Waals surface area contributed by atoms with Gasteiger partial charge in [-0.15, -0.1) is 0 Å². The Hall–Kier alpha value is -1.75. The molecule has 0 heterocycles. The fraction of sp³-hybridized carbons (Fsp3) is 0.143. The number of nitrogen functional groups attached to an aromatic ring is 1. The lowest BCUT2D eigenvalue weighted by Gasteiger charge is -2.09. The van der Waals surface area contributed by atoms with Crippen molar-refractivity contribution in [2.45, 2.75) is 17.2 Å². The third-order valence-electron chi connectivity index (χ3n) is 2.62. The number of benzene rings is 2. The molecule has 0 amide bonds. The number of para-hydroxylation sites is 1. The minimum atomic E-state index is -2.39. The molecule has 2 aromatic carbocycles. The molecule has 0 saturated carbocycles. The third-order valence-corrected chi connectivity index (χ3v) is 3.34. The van der Waals surface area contributed by atoms with Crippen molar-refractivity contribution in [3.63, 3.8) is 0 Å². The van der Waals surface area contributed by atoms with Crippen molar-refractivity contribution in [3.05, 3.63) is 54.1 Å². The highest BCUT2D eigenvalue weighted by Crippen LogP contribution is 2.26. The predicted molar refractivity (Wildman–Crippen MR) is 76.5 cm³/mol. The van der Waals surface area contributed by atoms with E-state index in [1.54, 1.807) is 24.3 Å². The van der Waals surface area contributed by atoms with Crippen LogP contribution in [0.1, 0.15) is 5.56 Å². The summed E-state index contributed by atoms with van der Waals surface area (Å²) in [5.74, 6) is -2.39. The Labute approximate surface area is 115 Å². The summed E-state index contributed by atoms with van der Waals surface area (Å²) in [6.45, 7) is 0.605. The molecule has 0 saturated heterocycles. The topological polar surface area (TPSA) is 38.0 Å². The first-order valence-electron chi connectivity index (χ1n) is 5.77.